The van der Waals surface area contributed by atoms with E-state index in [4.69, 9.17) is 5.73 Å². The van der Waals surface area contributed by atoms with Crippen LogP contribution in [0.1, 0.15) is 16.1 Å². The molecule has 1 aromatic heterocycles. The molecule has 0 aliphatic heterocycles. The molecule has 18 heavy (non-hydrogen) atoms. The van der Waals surface area contributed by atoms with Crippen LogP contribution in [0.5, 0.6) is 0 Å². The molecule has 1 aromatic carbocycles. The Bertz CT molecular complexity index is 579. The molecule has 6 heteroatoms. The summed E-state index contributed by atoms with van der Waals surface area (Å²) < 4.78 is 2.62. The molecule has 5 nitrogen and oxygen atoms in total. The number of halogens is 1. The zero-order valence-corrected chi connectivity index (χ0v) is 11.4. The summed E-state index contributed by atoms with van der Waals surface area (Å²) in [6.45, 7) is 0.407. The minimum absolute atomic E-state index is 0.208. The smallest absolute Gasteiger partial charge is 0.271 e. The van der Waals surface area contributed by atoms with Gasteiger partial charge in [0.1, 0.15) is 0 Å². The highest BCUT2D eigenvalue weighted by atomic mass is 79.9. The lowest BCUT2D eigenvalue weighted by Crippen LogP contribution is -2.18. The van der Waals surface area contributed by atoms with Gasteiger partial charge in [0.2, 0.25) is 0 Å². The Morgan fingerprint density at radius 2 is 2.28 bits per heavy atom. The van der Waals surface area contributed by atoms with Crippen LogP contribution >= 0.6 is 15.9 Å². The highest BCUT2D eigenvalue weighted by Crippen LogP contribution is 2.19. The number of nitrogens with two attached hydrogens (primary N) is 1. The van der Waals surface area contributed by atoms with Crippen LogP contribution in [0.4, 0.5) is 0 Å². The fourth-order valence-electron chi connectivity index (χ4n) is 1.65. The van der Waals surface area contributed by atoms with Crippen LogP contribution in [0.25, 0.3) is 5.69 Å². The average molecular weight is 309 g/mol. The number of benzene rings is 1. The number of carbonyl (C=O) groups excluding carboxylic acids is 1. The van der Waals surface area contributed by atoms with Crippen molar-refractivity contribution in [2.45, 2.75) is 6.54 Å². The molecule has 1 heterocycles. The van der Waals surface area contributed by atoms with E-state index in [2.05, 4.69) is 26.3 Å². The number of nitrogens with zero attached hydrogens (tertiary/aromatic N) is 2. The number of hydrogen-bond acceptors (Lipinski definition) is 3. The van der Waals surface area contributed by atoms with Gasteiger partial charge in [0.25, 0.3) is 5.91 Å². The van der Waals surface area contributed by atoms with E-state index < -0.39 is 0 Å². The first-order valence-electron chi connectivity index (χ1n) is 5.42. The largest absolute Gasteiger partial charge is 0.354 e. The molecule has 1 amide bonds. The molecule has 0 aliphatic rings. The Morgan fingerprint density at radius 1 is 1.50 bits per heavy atom. The van der Waals surface area contributed by atoms with Crippen molar-refractivity contribution in [2.24, 2.45) is 5.73 Å². The van der Waals surface area contributed by atoms with Crippen LogP contribution in [0.2, 0.25) is 0 Å². The summed E-state index contributed by atoms with van der Waals surface area (Å²) in [5, 5.41) is 6.76. The quantitative estimate of drug-likeness (QED) is 0.901. The number of aromatic nitrogens is 2. The van der Waals surface area contributed by atoms with Crippen molar-refractivity contribution in [3.63, 3.8) is 0 Å². The third-order valence-corrected chi connectivity index (χ3v) is 3.05. The molecule has 94 valence electrons. The van der Waals surface area contributed by atoms with E-state index in [0.717, 1.165) is 15.7 Å². The third kappa shape index (κ3) is 2.44. The molecule has 0 radical (unpaired) electrons. The Hall–Kier alpha value is -1.66. The number of carbonyl (C=O) groups is 1. The Balaban J connectivity index is 2.42. The van der Waals surface area contributed by atoms with Crippen molar-refractivity contribution in [1.82, 2.24) is 15.1 Å². The van der Waals surface area contributed by atoms with Gasteiger partial charge < -0.3 is 11.1 Å². The molecule has 3 N–H and O–H groups in total. The molecule has 0 spiro atoms. The lowest BCUT2D eigenvalue weighted by atomic mass is 10.2. The maximum absolute atomic E-state index is 11.4. The second-order valence-electron chi connectivity index (χ2n) is 3.70. The Morgan fingerprint density at radius 3 is 2.94 bits per heavy atom. The highest BCUT2D eigenvalue weighted by Gasteiger charge is 2.10. The molecule has 0 unspecified atom stereocenters. The summed E-state index contributed by atoms with van der Waals surface area (Å²) in [6.07, 6.45) is 1.74. The van der Waals surface area contributed by atoms with Crippen LogP contribution < -0.4 is 11.1 Å². The first kappa shape index (κ1) is 12.8. The molecule has 0 fully saturated rings. The Labute approximate surface area is 113 Å². The van der Waals surface area contributed by atoms with E-state index in [1.807, 2.05) is 18.2 Å². The molecular formula is C12H13BrN4O. The van der Waals surface area contributed by atoms with E-state index in [1.165, 1.54) is 0 Å². The summed E-state index contributed by atoms with van der Waals surface area (Å²) in [6, 6.07) is 7.43. The first-order valence-corrected chi connectivity index (χ1v) is 6.21. The lowest BCUT2D eigenvalue weighted by Gasteiger charge is -2.08. The number of nitrogens with one attached hydrogen (secondary N) is 1. The second-order valence-corrected chi connectivity index (χ2v) is 4.62. The molecule has 0 aliphatic carbocycles. The molecule has 0 atom stereocenters. The van der Waals surface area contributed by atoms with Gasteiger partial charge in [0.15, 0.2) is 5.69 Å². The van der Waals surface area contributed by atoms with Crippen molar-refractivity contribution >= 4 is 21.8 Å². The van der Waals surface area contributed by atoms with Crippen molar-refractivity contribution in [3.8, 4) is 5.69 Å². The normalized spacial score (nSPS) is 10.4. The van der Waals surface area contributed by atoms with E-state index >= 15 is 0 Å². The second kappa shape index (κ2) is 5.32. The van der Waals surface area contributed by atoms with E-state index in [0.29, 0.717) is 12.2 Å². The van der Waals surface area contributed by atoms with E-state index in [1.54, 1.807) is 24.0 Å². The van der Waals surface area contributed by atoms with Crippen LogP contribution in [0, 0.1) is 0 Å². The molecule has 2 rings (SSSR count). The molecule has 0 saturated heterocycles. The van der Waals surface area contributed by atoms with Gasteiger partial charge in [-0.3, -0.25) is 4.79 Å². The maximum Gasteiger partial charge on any atom is 0.271 e. The minimum Gasteiger partial charge on any atom is -0.354 e. The third-order valence-electron chi connectivity index (χ3n) is 2.56. The number of amides is 1. The Kier molecular flexibility index (Phi) is 3.78. The van der Waals surface area contributed by atoms with Crippen LogP contribution in [-0.4, -0.2) is 22.7 Å². The van der Waals surface area contributed by atoms with Crippen molar-refractivity contribution in [3.05, 3.63) is 46.2 Å². The van der Waals surface area contributed by atoms with E-state index in [-0.39, 0.29) is 5.91 Å². The fourth-order valence-corrected chi connectivity index (χ4v) is 2.06. The van der Waals surface area contributed by atoms with Gasteiger partial charge in [-0.1, -0.05) is 15.9 Å². The van der Waals surface area contributed by atoms with Gasteiger partial charge in [0.05, 0.1) is 5.69 Å². The zero-order chi connectivity index (χ0) is 13.1. The number of rotatable bonds is 3. The average Bonchev–Trinajstić information content (AvgIpc) is 2.87. The van der Waals surface area contributed by atoms with Gasteiger partial charge in [-0.15, -0.1) is 0 Å². The lowest BCUT2D eigenvalue weighted by molar-refractivity contribution is 0.0957. The zero-order valence-electron chi connectivity index (χ0n) is 9.85. The number of hydrogen-bond donors (Lipinski definition) is 2. The fraction of sp³-hybridized carbons (Fsp3) is 0.167. The van der Waals surface area contributed by atoms with Gasteiger partial charge in [-0.25, -0.2) is 4.68 Å². The summed E-state index contributed by atoms with van der Waals surface area (Å²) in [5.41, 5.74) is 7.91. The van der Waals surface area contributed by atoms with Gasteiger partial charge in [-0.2, -0.15) is 5.10 Å². The maximum atomic E-state index is 11.4. The van der Waals surface area contributed by atoms with Crippen LogP contribution in [-0.2, 0) is 6.54 Å². The van der Waals surface area contributed by atoms with Crippen molar-refractivity contribution in [2.75, 3.05) is 7.05 Å². The summed E-state index contributed by atoms with van der Waals surface area (Å²) in [7, 11) is 1.58. The van der Waals surface area contributed by atoms with Crippen LogP contribution in [0.15, 0.2) is 34.9 Å². The van der Waals surface area contributed by atoms with Crippen LogP contribution in [0.3, 0.4) is 0 Å². The molecule has 0 bridgehead atoms. The van der Waals surface area contributed by atoms with Gasteiger partial charge >= 0.3 is 0 Å². The predicted molar refractivity (Wildman–Crippen MR) is 72.5 cm³/mol. The first-order chi connectivity index (χ1) is 8.65. The molecular weight excluding hydrogens is 296 g/mol. The monoisotopic (exact) mass is 308 g/mol. The van der Waals surface area contributed by atoms with Crippen molar-refractivity contribution in [1.29, 1.82) is 0 Å². The van der Waals surface area contributed by atoms with Gasteiger partial charge in [-0.05, 0) is 29.8 Å². The molecule has 0 saturated carbocycles. The predicted octanol–water partition coefficient (Wildman–Crippen LogP) is 1.45. The van der Waals surface area contributed by atoms with Crippen molar-refractivity contribution < 1.29 is 4.79 Å². The summed E-state index contributed by atoms with van der Waals surface area (Å²) in [5.74, 6) is -0.208. The summed E-state index contributed by atoms with van der Waals surface area (Å²) in [4.78, 5) is 11.4. The SMILES string of the molecule is CNC(=O)c1ccn(-c2ccc(Br)cc2CN)n1. The van der Waals surface area contributed by atoms with E-state index in [9.17, 15) is 4.79 Å². The molecule has 2 aromatic rings. The standard InChI is InChI=1S/C12H13BrN4O/c1-15-12(18)10-4-5-17(16-10)11-3-2-9(13)6-8(11)7-14/h2-6H,7,14H2,1H3,(H,15,18). The highest BCUT2D eigenvalue weighted by molar-refractivity contribution is 9.10. The van der Waals surface area contributed by atoms with Gasteiger partial charge in [0, 0.05) is 24.3 Å². The topological polar surface area (TPSA) is 72.9 Å². The minimum atomic E-state index is -0.208. The summed E-state index contributed by atoms with van der Waals surface area (Å²) >= 11 is 3.40.